The maximum Gasteiger partial charge on any atom is 0.167 e. The molecule has 0 radical (unpaired) electrons. The molecule has 0 unspecified atom stereocenters. The van der Waals surface area contributed by atoms with Crippen molar-refractivity contribution in [2.45, 2.75) is 0 Å². The number of rotatable bonds is 5. The summed E-state index contributed by atoms with van der Waals surface area (Å²) in [6, 6.07) is 71.6. The van der Waals surface area contributed by atoms with Crippen LogP contribution in [0.15, 0.2) is 220 Å². The molecular weight excluding hydrogens is 837 g/mol. The molecule has 0 saturated heterocycles. The predicted octanol–water partition coefficient (Wildman–Crippen LogP) is 16.5. The second-order valence-corrected chi connectivity index (χ2v) is 17.4. The van der Waals surface area contributed by atoms with Crippen LogP contribution in [0, 0.1) is 0 Å². The van der Waals surface area contributed by atoms with Crippen molar-refractivity contribution in [3.05, 3.63) is 206 Å². The highest BCUT2D eigenvalue weighted by atomic mass is 16.3. The standard InChI is InChI=1S/C61H34N4O3/c1-2-15-36-34-51-47(32-35(36)14-1)38-16-3-7-25-49(38)65(51)50-31-30-37(33-48(50)43-22-11-20-41-39-17-4-8-26-52(39)67-57(41)43)59-62-60(45-23-13-29-55-56(45)44-19-6-10-28-54(44)66-55)64-61(63-59)46-24-12-21-42-40-18-5-9-27-53(40)68-58(42)46/h1-34H. The van der Waals surface area contributed by atoms with Crippen molar-refractivity contribution in [2.75, 3.05) is 0 Å². The smallest absolute Gasteiger partial charge is 0.167 e. The molecule has 5 heterocycles. The molecule has 7 nitrogen and oxygen atoms in total. The predicted molar refractivity (Wildman–Crippen MR) is 275 cm³/mol. The van der Waals surface area contributed by atoms with Crippen LogP contribution in [0.4, 0.5) is 0 Å². The number of benzene rings is 10. The minimum Gasteiger partial charge on any atom is -0.456 e. The van der Waals surface area contributed by atoms with E-state index < -0.39 is 0 Å². The lowest BCUT2D eigenvalue weighted by atomic mass is 9.97. The SMILES string of the molecule is c1ccc2cc3c(cc2c1)c1ccccc1n3-c1ccc(-c2nc(-c3cccc4c3oc3ccccc34)nc(-c3cccc4oc5ccccc5c34)n2)cc1-c1cccc2c1oc1ccccc12. The molecule has 0 fully saturated rings. The van der Waals surface area contributed by atoms with Gasteiger partial charge in [0.15, 0.2) is 17.5 Å². The second kappa shape index (κ2) is 14.1. The van der Waals surface area contributed by atoms with E-state index in [1.54, 1.807) is 0 Å². The highest BCUT2D eigenvalue weighted by Gasteiger charge is 2.24. The van der Waals surface area contributed by atoms with Gasteiger partial charge in [-0.2, -0.15) is 0 Å². The zero-order chi connectivity index (χ0) is 44.5. The first-order valence-corrected chi connectivity index (χ1v) is 22.7. The summed E-state index contributed by atoms with van der Waals surface area (Å²) in [6.45, 7) is 0. The molecule has 0 atom stereocenters. The molecule has 15 aromatic rings. The fourth-order valence-electron chi connectivity index (χ4n) is 10.6. The Bertz CT molecular complexity index is 4590. The summed E-state index contributed by atoms with van der Waals surface area (Å²) in [6.07, 6.45) is 0. The van der Waals surface area contributed by atoms with Crippen LogP contribution in [0.1, 0.15) is 0 Å². The number of fused-ring (bicyclic) bond motifs is 13. The molecule has 0 spiro atoms. The number of furan rings is 3. The monoisotopic (exact) mass is 870 g/mol. The number of para-hydroxylation sites is 6. The average Bonchev–Trinajstić information content (AvgIpc) is 4.17. The Kier molecular flexibility index (Phi) is 7.65. The van der Waals surface area contributed by atoms with E-state index in [2.05, 4.69) is 138 Å². The Morgan fingerprint density at radius 3 is 1.59 bits per heavy atom. The zero-order valence-electron chi connectivity index (χ0n) is 36.1. The summed E-state index contributed by atoms with van der Waals surface area (Å²) >= 11 is 0. The van der Waals surface area contributed by atoms with Gasteiger partial charge in [-0.3, -0.25) is 0 Å². The molecule has 7 heteroatoms. The normalized spacial score (nSPS) is 12.1. The molecule has 0 aliphatic heterocycles. The summed E-state index contributed by atoms with van der Waals surface area (Å²) in [5.41, 5.74) is 12.3. The van der Waals surface area contributed by atoms with Gasteiger partial charge in [0.1, 0.15) is 33.5 Å². The number of hydrogen-bond donors (Lipinski definition) is 0. The minimum absolute atomic E-state index is 0.499. The molecule has 0 bridgehead atoms. The van der Waals surface area contributed by atoms with Crippen LogP contribution in [0.2, 0.25) is 0 Å². The molecular formula is C61H34N4O3. The van der Waals surface area contributed by atoms with Crippen molar-refractivity contribution in [3.8, 4) is 51.0 Å². The third-order valence-corrected chi connectivity index (χ3v) is 13.7. The van der Waals surface area contributed by atoms with Gasteiger partial charge in [0.05, 0.1) is 22.3 Å². The largest absolute Gasteiger partial charge is 0.456 e. The second-order valence-electron chi connectivity index (χ2n) is 17.4. The van der Waals surface area contributed by atoms with Crippen LogP contribution in [-0.2, 0) is 0 Å². The van der Waals surface area contributed by atoms with E-state index in [4.69, 9.17) is 28.2 Å². The van der Waals surface area contributed by atoms with Crippen LogP contribution in [0.3, 0.4) is 0 Å². The lowest BCUT2D eigenvalue weighted by Gasteiger charge is -2.17. The Labute approximate surface area is 386 Å². The van der Waals surface area contributed by atoms with Crippen molar-refractivity contribution < 1.29 is 13.3 Å². The van der Waals surface area contributed by atoms with Crippen molar-refractivity contribution in [2.24, 2.45) is 0 Å². The van der Waals surface area contributed by atoms with Gasteiger partial charge in [0.2, 0.25) is 0 Å². The van der Waals surface area contributed by atoms with Crippen molar-refractivity contribution in [3.63, 3.8) is 0 Å². The molecule has 0 aliphatic rings. The third kappa shape index (κ3) is 5.38. The van der Waals surface area contributed by atoms with Gasteiger partial charge in [-0.25, -0.2) is 15.0 Å². The van der Waals surface area contributed by atoms with Crippen LogP contribution in [0.5, 0.6) is 0 Å². The lowest BCUT2D eigenvalue weighted by molar-refractivity contribution is 0.668. The molecule has 316 valence electrons. The molecule has 15 rings (SSSR count). The van der Waals surface area contributed by atoms with Crippen LogP contribution >= 0.6 is 0 Å². The summed E-state index contributed by atoms with van der Waals surface area (Å²) in [5.74, 6) is 1.54. The Hall–Kier alpha value is -9.33. The van der Waals surface area contributed by atoms with Gasteiger partial charge in [0.25, 0.3) is 0 Å². The van der Waals surface area contributed by atoms with Gasteiger partial charge < -0.3 is 17.8 Å². The van der Waals surface area contributed by atoms with E-state index in [0.29, 0.717) is 17.5 Å². The number of aromatic nitrogens is 4. The summed E-state index contributed by atoms with van der Waals surface area (Å²) in [4.78, 5) is 16.1. The first kappa shape index (κ1) is 36.9. The van der Waals surface area contributed by atoms with E-state index in [-0.39, 0.29) is 0 Å². The average molecular weight is 871 g/mol. The van der Waals surface area contributed by atoms with Crippen LogP contribution in [0.25, 0.3) is 149 Å². The number of nitrogens with zero attached hydrogens (tertiary/aromatic N) is 4. The Morgan fingerprint density at radius 1 is 0.309 bits per heavy atom. The minimum atomic E-state index is 0.499. The maximum absolute atomic E-state index is 6.81. The highest BCUT2D eigenvalue weighted by molar-refractivity contribution is 6.16. The first-order valence-electron chi connectivity index (χ1n) is 22.7. The topological polar surface area (TPSA) is 83.0 Å². The van der Waals surface area contributed by atoms with Crippen LogP contribution in [-0.4, -0.2) is 19.5 Å². The van der Waals surface area contributed by atoms with Crippen LogP contribution < -0.4 is 0 Å². The Morgan fingerprint density at radius 2 is 0.838 bits per heavy atom. The molecule has 0 aliphatic carbocycles. The molecule has 0 saturated carbocycles. The Balaban J connectivity index is 1.04. The lowest BCUT2D eigenvalue weighted by Crippen LogP contribution is -2.02. The fraction of sp³-hybridized carbons (Fsp3) is 0. The van der Waals surface area contributed by atoms with E-state index in [0.717, 1.165) is 110 Å². The van der Waals surface area contributed by atoms with Gasteiger partial charge in [-0.1, -0.05) is 140 Å². The zero-order valence-corrected chi connectivity index (χ0v) is 36.1. The van der Waals surface area contributed by atoms with E-state index >= 15 is 0 Å². The molecule has 5 aromatic heterocycles. The van der Waals surface area contributed by atoms with E-state index in [1.807, 2.05) is 72.8 Å². The number of hydrogen-bond acceptors (Lipinski definition) is 6. The molecule has 68 heavy (non-hydrogen) atoms. The van der Waals surface area contributed by atoms with Gasteiger partial charge in [-0.05, 0) is 77.5 Å². The van der Waals surface area contributed by atoms with Crippen molar-refractivity contribution in [1.29, 1.82) is 0 Å². The molecule has 0 amide bonds. The van der Waals surface area contributed by atoms with Crippen molar-refractivity contribution in [1.82, 2.24) is 19.5 Å². The fourth-order valence-corrected chi connectivity index (χ4v) is 10.6. The van der Waals surface area contributed by atoms with Crippen molar-refractivity contribution >= 4 is 98.4 Å². The third-order valence-electron chi connectivity index (χ3n) is 13.7. The van der Waals surface area contributed by atoms with Gasteiger partial charge >= 0.3 is 0 Å². The first-order chi connectivity index (χ1) is 33.7. The summed E-state index contributed by atoms with van der Waals surface area (Å²) in [5, 5.41) is 10.8. The highest BCUT2D eigenvalue weighted by Crippen LogP contribution is 2.44. The molecule has 10 aromatic carbocycles. The quantitative estimate of drug-likeness (QED) is 0.171. The maximum atomic E-state index is 6.81. The summed E-state index contributed by atoms with van der Waals surface area (Å²) < 4.78 is 22.2. The van der Waals surface area contributed by atoms with Gasteiger partial charge in [0, 0.05) is 65.3 Å². The summed E-state index contributed by atoms with van der Waals surface area (Å²) in [7, 11) is 0. The van der Waals surface area contributed by atoms with E-state index in [1.165, 1.54) is 21.5 Å². The van der Waals surface area contributed by atoms with Gasteiger partial charge in [-0.15, -0.1) is 0 Å². The molecule has 0 N–H and O–H groups in total. The van der Waals surface area contributed by atoms with E-state index in [9.17, 15) is 0 Å².